The summed E-state index contributed by atoms with van der Waals surface area (Å²) in [7, 11) is 0. The fourth-order valence-electron chi connectivity index (χ4n) is 1.23. The molecular formula is C10H10BrN5O. The Hall–Kier alpha value is -1.76. The summed E-state index contributed by atoms with van der Waals surface area (Å²) in [6.07, 6.45) is 4.56. The number of anilines is 1. The lowest BCUT2D eigenvalue weighted by atomic mass is 10.3. The topological polar surface area (TPSA) is 72.7 Å². The summed E-state index contributed by atoms with van der Waals surface area (Å²) in [5.41, 5.74) is 0.592. The first kappa shape index (κ1) is 11.7. The smallest absolute Gasteiger partial charge is 0.237 e. The maximum absolute atomic E-state index is 11.6. The molecule has 6 nitrogen and oxygen atoms in total. The fraction of sp³-hybridized carbons (Fsp3) is 0.200. The van der Waals surface area contributed by atoms with E-state index in [0.29, 0.717) is 11.5 Å². The average molecular weight is 296 g/mol. The number of alkyl halides is 1. The van der Waals surface area contributed by atoms with Crippen LogP contribution in [0.25, 0.3) is 5.82 Å². The molecule has 0 aliphatic heterocycles. The first-order chi connectivity index (χ1) is 8.18. The molecule has 2 aromatic heterocycles. The van der Waals surface area contributed by atoms with Gasteiger partial charge in [0.05, 0.1) is 10.5 Å². The van der Waals surface area contributed by atoms with E-state index in [9.17, 15) is 4.79 Å². The molecule has 0 bridgehead atoms. The van der Waals surface area contributed by atoms with Crippen molar-refractivity contribution in [2.45, 2.75) is 11.8 Å². The Labute approximate surface area is 106 Å². The van der Waals surface area contributed by atoms with Gasteiger partial charge in [0, 0.05) is 6.20 Å². The molecule has 1 N–H and O–H groups in total. The predicted molar refractivity (Wildman–Crippen MR) is 66.2 cm³/mol. The number of carbonyl (C=O) groups is 1. The molecule has 0 radical (unpaired) electrons. The van der Waals surface area contributed by atoms with Crippen LogP contribution >= 0.6 is 15.9 Å². The third-order valence-corrected chi connectivity index (χ3v) is 2.46. The van der Waals surface area contributed by atoms with Crippen LogP contribution in [0.5, 0.6) is 0 Å². The molecule has 0 spiro atoms. The molecule has 2 rings (SSSR count). The number of amides is 1. The first-order valence-corrected chi connectivity index (χ1v) is 5.85. The Morgan fingerprint density at radius 2 is 2.41 bits per heavy atom. The lowest BCUT2D eigenvalue weighted by Crippen LogP contribution is -2.21. The molecular weight excluding hydrogens is 286 g/mol. The van der Waals surface area contributed by atoms with Crippen LogP contribution in [0.15, 0.2) is 31.0 Å². The van der Waals surface area contributed by atoms with Crippen LogP contribution in [0.3, 0.4) is 0 Å². The van der Waals surface area contributed by atoms with Crippen LogP contribution in [0.2, 0.25) is 0 Å². The normalized spacial score (nSPS) is 12.1. The summed E-state index contributed by atoms with van der Waals surface area (Å²) in [5, 5.41) is 6.74. The molecule has 0 aliphatic carbocycles. The standard InChI is InChI=1S/C10H10BrN5O/c1-7(11)10(17)15-8-3-2-4-13-9(8)16-6-12-5-14-16/h2-7H,1H3,(H,15,17). The van der Waals surface area contributed by atoms with Crippen molar-refractivity contribution in [2.75, 3.05) is 5.32 Å². The van der Waals surface area contributed by atoms with Crippen molar-refractivity contribution in [3.63, 3.8) is 0 Å². The quantitative estimate of drug-likeness (QED) is 0.869. The highest BCUT2D eigenvalue weighted by Crippen LogP contribution is 2.16. The maximum Gasteiger partial charge on any atom is 0.237 e. The van der Waals surface area contributed by atoms with Crippen molar-refractivity contribution < 1.29 is 4.79 Å². The van der Waals surface area contributed by atoms with Gasteiger partial charge in [-0.2, -0.15) is 5.10 Å². The maximum atomic E-state index is 11.6. The van der Waals surface area contributed by atoms with Gasteiger partial charge in [0.25, 0.3) is 0 Å². The van der Waals surface area contributed by atoms with Crippen LogP contribution in [0.4, 0.5) is 5.69 Å². The van der Waals surface area contributed by atoms with Crippen molar-refractivity contribution >= 4 is 27.5 Å². The summed E-state index contributed by atoms with van der Waals surface area (Å²) in [6, 6.07) is 3.51. The Bertz CT molecular complexity index is 511. The van der Waals surface area contributed by atoms with Crippen LogP contribution in [0, 0.1) is 0 Å². The highest BCUT2D eigenvalue weighted by Gasteiger charge is 2.12. The molecule has 0 aliphatic rings. The number of hydrogen-bond acceptors (Lipinski definition) is 4. The highest BCUT2D eigenvalue weighted by atomic mass is 79.9. The number of nitrogens with zero attached hydrogens (tertiary/aromatic N) is 4. The molecule has 0 fully saturated rings. The predicted octanol–water partition coefficient (Wildman–Crippen LogP) is 1.38. The van der Waals surface area contributed by atoms with Crippen molar-refractivity contribution in [3.05, 3.63) is 31.0 Å². The number of pyridine rings is 1. The summed E-state index contributed by atoms with van der Waals surface area (Å²) in [5.74, 6) is 0.394. The second-order valence-corrected chi connectivity index (χ2v) is 4.69. The minimum Gasteiger partial charge on any atom is -0.322 e. The van der Waals surface area contributed by atoms with E-state index in [4.69, 9.17) is 0 Å². The molecule has 7 heteroatoms. The summed E-state index contributed by atoms with van der Waals surface area (Å²) in [4.78, 5) is 19.3. The third kappa shape index (κ3) is 2.68. The molecule has 0 aromatic carbocycles. The van der Waals surface area contributed by atoms with E-state index in [0.717, 1.165) is 0 Å². The minimum atomic E-state index is -0.272. The van der Waals surface area contributed by atoms with Gasteiger partial charge in [-0.05, 0) is 19.1 Å². The van der Waals surface area contributed by atoms with Gasteiger partial charge < -0.3 is 5.32 Å². The van der Waals surface area contributed by atoms with Gasteiger partial charge in [-0.1, -0.05) is 15.9 Å². The first-order valence-electron chi connectivity index (χ1n) is 4.93. The van der Waals surface area contributed by atoms with Crippen molar-refractivity contribution in [3.8, 4) is 5.82 Å². The van der Waals surface area contributed by atoms with E-state index >= 15 is 0 Å². The zero-order valence-corrected chi connectivity index (χ0v) is 10.6. The summed E-state index contributed by atoms with van der Waals surface area (Å²) in [6.45, 7) is 1.75. The van der Waals surface area contributed by atoms with E-state index in [-0.39, 0.29) is 10.7 Å². The number of nitrogens with one attached hydrogen (secondary N) is 1. The lowest BCUT2D eigenvalue weighted by molar-refractivity contribution is -0.115. The fourth-order valence-corrected chi connectivity index (χ4v) is 1.34. The largest absolute Gasteiger partial charge is 0.322 e. The van der Waals surface area contributed by atoms with Gasteiger partial charge in [-0.25, -0.2) is 14.6 Å². The Kier molecular flexibility index (Phi) is 3.48. The number of aromatic nitrogens is 4. The summed E-state index contributed by atoms with van der Waals surface area (Å²) >= 11 is 3.20. The SMILES string of the molecule is CC(Br)C(=O)Nc1cccnc1-n1cncn1. The van der Waals surface area contributed by atoms with E-state index < -0.39 is 0 Å². The van der Waals surface area contributed by atoms with E-state index in [2.05, 4.69) is 36.3 Å². The lowest BCUT2D eigenvalue weighted by Gasteiger charge is -2.10. The molecule has 1 atom stereocenters. The molecule has 17 heavy (non-hydrogen) atoms. The number of halogens is 1. The molecule has 2 heterocycles. The van der Waals surface area contributed by atoms with Crippen LogP contribution in [-0.4, -0.2) is 30.5 Å². The van der Waals surface area contributed by atoms with Gasteiger partial charge in [-0.3, -0.25) is 4.79 Å². The molecule has 0 saturated heterocycles. The van der Waals surface area contributed by atoms with Gasteiger partial charge in [0.1, 0.15) is 12.7 Å². The number of carbonyl (C=O) groups excluding carboxylic acids is 1. The highest BCUT2D eigenvalue weighted by molar-refractivity contribution is 9.10. The third-order valence-electron chi connectivity index (χ3n) is 2.04. The average Bonchev–Trinajstić information content (AvgIpc) is 2.83. The van der Waals surface area contributed by atoms with Crippen molar-refractivity contribution in [1.29, 1.82) is 0 Å². The Morgan fingerprint density at radius 1 is 1.59 bits per heavy atom. The van der Waals surface area contributed by atoms with E-state index in [1.807, 2.05) is 0 Å². The van der Waals surface area contributed by atoms with E-state index in [1.165, 1.54) is 17.3 Å². The Balaban J connectivity index is 2.32. The molecule has 1 unspecified atom stereocenters. The van der Waals surface area contributed by atoms with Gasteiger partial charge in [-0.15, -0.1) is 0 Å². The number of rotatable bonds is 3. The van der Waals surface area contributed by atoms with Crippen LogP contribution in [0.1, 0.15) is 6.92 Å². The van der Waals surface area contributed by atoms with Gasteiger partial charge >= 0.3 is 0 Å². The number of hydrogen-bond donors (Lipinski definition) is 1. The van der Waals surface area contributed by atoms with Crippen molar-refractivity contribution in [1.82, 2.24) is 19.7 Å². The molecule has 2 aromatic rings. The van der Waals surface area contributed by atoms with Gasteiger partial charge in [0.15, 0.2) is 5.82 Å². The zero-order chi connectivity index (χ0) is 12.3. The summed E-state index contributed by atoms with van der Waals surface area (Å²) < 4.78 is 1.49. The second-order valence-electron chi connectivity index (χ2n) is 3.32. The molecule has 1 amide bonds. The van der Waals surface area contributed by atoms with Crippen LogP contribution < -0.4 is 5.32 Å². The monoisotopic (exact) mass is 295 g/mol. The molecule has 0 saturated carbocycles. The minimum absolute atomic E-state index is 0.139. The van der Waals surface area contributed by atoms with Crippen molar-refractivity contribution in [2.24, 2.45) is 0 Å². The molecule has 88 valence electrons. The van der Waals surface area contributed by atoms with Crippen LogP contribution in [-0.2, 0) is 4.79 Å². The van der Waals surface area contributed by atoms with Gasteiger partial charge in [0.2, 0.25) is 5.91 Å². The zero-order valence-electron chi connectivity index (χ0n) is 9.04. The Morgan fingerprint density at radius 3 is 3.06 bits per heavy atom. The van der Waals surface area contributed by atoms with E-state index in [1.54, 1.807) is 25.3 Å². The second kappa shape index (κ2) is 5.05.